The third kappa shape index (κ3) is 3.78. The van der Waals surface area contributed by atoms with Gasteiger partial charge in [-0.1, -0.05) is 17.7 Å². The second-order valence-corrected chi connectivity index (χ2v) is 6.11. The van der Waals surface area contributed by atoms with Gasteiger partial charge >= 0.3 is 0 Å². The first-order valence-electron chi connectivity index (χ1n) is 5.25. The van der Waals surface area contributed by atoms with Gasteiger partial charge < -0.3 is 0 Å². The Hall–Kier alpha value is -1.97. The van der Waals surface area contributed by atoms with Gasteiger partial charge in [0.25, 0.3) is 15.7 Å². The SMILES string of the molecule is O=[N+]([O-])c1cccc(S(=O)(=O)Nc2cc(Cl)nc(Cl)n2)c1. The molecule has 1 aromatic carbocycles. The van der Waals surface area contributed by atoms with Gasteiger partial charge in [-0.05, 0) is 17.7 Å². The number of anilines is 1. The summed E-state index contributed by atoms with van der Waals surface area (Å²) in [6, 6.07) is 5.72. The minimum absolute atomic E-state index is 0.0493. The zero-order valence-corrected chi connectivity index (χ0v) is 12.4. The molecule has 0 amide bonds. The average molecular weight is 349 g/mol. The van der Waals surface area contributed by atoms with Crippen LogP contribution < -0.4 is 4.72 Å². The summed E-state index contributed by atoms with van der Waals surface area (Å²) >= 11 is 11.2. The minimum Gasteiger partial charge on any atom is -0.263 e. The maximum absolute atomic E-state index is 12.1. The van der Waals surface area contributed by atoms with E-state index >= 15 is 0 Å². The van der Waals surface area contributed by atoms with Crippen LogP contribution in [0.4, 0.5) is 11.5 Å². The van der Waals surface area contributed by atoms with Crippen molar-refractivity contribution in [2.75, 3.05) is 4.72 Å². The Balaban J connectivity index is 2.38. The third-order valence-electron chi connectivity index (χ3n) is 2.25. The van der Waals surface area contributed by atoms with E-state index in [1.54, 1.807) is 0 Å². The number of hydrogen-bond acceptors (Lipinski definition) is 6. The highest BCUT2D eigenvalue weighted by atomic mass is 35.5. The van der Waals surface area contributed by atoms with E-state index in [2.05, 4.69) is 14.7 Å². The van der Waals surface area contributed by atoms with Crippen molar-refractivity contribution < 1.29 is 13.3 Å². The van der Waals surface area contributed by atoms with Crippen molar-refractivity contribution in [3.63, 3.8) is 0 Å². The van der Waals surface area contributed by atoms with Crippen LogP contribution in [-0.4, -0.2) is 23.3 Å². The molecular weight excluding hydrogens is 343 g/mol. The van der Waals surface area contributed by atoms with Crippen molar-refractivity contribution in [1.82, 2.24) is 9.97 Å². The van der Waals surface area contributed by atoms with Crippen LogP contribution >= 0.6 is 23.2 Å². The minimum atomic E-state index is -4.06. The Kier molecular flexibility index (Phi) is 4.26. The van der Waals surface area contributed by atoms with Gasteiger partial charge in [0.2, 0.25) is 5.28 Å². The summed E-state index contributed by atoms with van der Waals surface area (Å²) in [6.45, 7) is 0. The van der Waals surface area contributed by atoms with Gasteiger partial charge in [0.05, 0.1) is 9.82 Å². The van der Waals surface area contributed by atoms with E-state index in [4.69, 9.17) is 23.2 Å². The second-order valence-electron chi connectivity index (χ2n) is 3.70. The van der Waals surface area contributed by atoms with E-state index in [1.165, 1.54) is 18.2 Å². The molecular formula is C10H6Cl2N4O4S. The molecule has 0 atom stereocenters. The number of rotatable bonds is 4. The lowest BCUT2D eigenvalue weighted by Gasteiger charge is -2.07. The van der Waals surface area contributed by atoms with Crippen LogP contribution in [-0.2, 0) is 10.0 Å². The van der Waals surface area contributed by atoms with Gasteiger partial charge in [-0.3, -0.25) is 14.8 Å². The molecule has 2 rings (SSSR count). The standard InChI is InChI=1S/C10H6Cl2N4O4S/c11-8-5-9(14-10(12)13-8)15-21(19,20)7-3-1-2-6(4-7)16(17)18/h1-5H,(H,13,14,15). The van der Waals surface area contributed by atoms with E-state index in [0.29, 0.717) is 0 Å². The zero-order valence-electron chi connectivity index (χ0n) is 10.0. The first kappa shape index (κ1) is 15.4. The molecule has 0 radical (unpaired) electrons. The molecule has 1 heterocycles. The molecule has 0 aliphatic heterocycles. The van der Waals surface area contributed by atoms with E-state index in [1.807, 2.05) is 0 Å². The van der Waals surface area contributed by atoms with Gasteiger partial charge in [0, 0.05) is 18.2 Å². The molecule has 11 heteroatoms. The second kappa shape index (κ2) is 5.80. The van der Waals surface area contributed by atoms with Crippen LogP contribution in [0.2, 0.25) is 10.4 Å². The lowest BCUT2D eigenvalue weighted by atomic mass is 10.3. The Morgan fingerprint density at radius 2 is 1.90 bits per heavy atom. The summed E-state index contributed by atoms with van der Waals surface area (Å²) in [5, 5.41) is 10.4. The van der Waals surface area contributed by atoms with Crippen molar-refractivity contribution in [2.45, 2.75) is 4.90 Å². The van der Waals surface area contributed by atoms with Gasteiger partial charge in [0.15, 0.2) is 0 Å². The van der Waals surface area contributed by atoms with E-state index in [0.717, 1.165) is 12.1 Å². The van der Waals surface area contributed by atoms with Crippen molar-refractivity contribution >= 4 is 44.7 Å². The number of nitro groups is 1. The summed E-state index contributed by atoms with van der Waals surface area (Å²) in [5.74, 6) is -0.147. The highest BCUT2D eigenvalue weighted by Gasteiger charge is 2.18. The van der Waals surface area contributed by atoms with Crippen LogP contribution in [0, 0.1) is 10.1 Å². The number of halogens is 2. The topological polar surface area (TPSA) is 115 Å². The Morgan fingerprint density at radius 3 is 2.52 bits per heavy atom. The lowest BCUT2D eigenvalue weighted by Crippen LogP contribution is -2.14. The first-order chi connectivity index (χ1) is 9.78. The Labute approximate surface area is 128 Å². The molecule has 2 aromatic rings. The summed E-state index contributed by atoms with van der Waals surface area (Å²) in [6.07, 6.45) is 0. The van der Waals surface area contributed by atoms with Gasteiger partial charge in [-0.25, -0.2) is 13.4 Å². The maximum atomic E-state index is 12.1. The molecule has 0 unspecified atom stereocenters. The molecule has 110 valence electrons. The Morgan fingerprint density at radius 1 is 1.19 bits per heavy atom. The Bertz CT molecular complexity index is 792. The van der Waals surface area contributed by atoms with Crippen molar-refractivity contribution in [2.24, 2.45) is 0 Å². The molecule has 0 spiro atoms. The number of aromatic nitrogens is 2. The number of sulfonamides is 1. The molecule has 0 aliphatic carbocycles. The van der Waals surface area contributed by atoms with Gasteiger partial charge in [0.1, 0.15) is 11.0 Å². The lowest BCUT2D eigenvalue weighted by molar-refractivity contribution is -0.385. The van der Waals surface area contributed by atoms with Crippen LogP contribution in [0.3, 0.4) is 0 Å². The summed E-state index contributed by atoms with van der Waals surface area (Å²) in [4.78, 5) is 16.9. The van der Waals surface area contributed by atoms with Crippen molar-refractivity contribution in [3.8, 4) is 0 Å². The smallest absolute Gasteiger partial charge is 0.263 e. The molecule has 21 heavy (non-hydrogen) atoms. The molecule has 1 aromatic heterocycles. The highest BCUT2D eigenvalue weighted by molar-refractivity contribution is 7.92. The van der Waals surface area contributed by atoms with E-state index < -0.39 is 14.9 Å². The summed E-state index contributed by atoms with van der Waals surface area (Å²) in [7, 11) is -4.06. The molecule has 0 bridgehead atoms. The first-order valence-corrected chi connectivity index (χ1v) is 7.49. The van der Waals surface area contributed by atoms with E-state index in [-0.39, 0.29) is 26.8 Å². The van der Waals surface area contributed by atoms with Crippen LogP contribution in [0.25, 0.3) is 0 Å². The number of nitrogens with zero attached hydrogens (tertiary/aromatic N) is 3. The number of nitro benzene ring substituents is 1. The predicted octanol–water partition coefficient (Wildman–Crippen LogP) is 2.49. The normalized spacial score (nSPS) is 11.1. The summed E-state index contributed by atoms with van der Waals surface area (Å²) < 4.78 is 26.3. The highest BCUT2D eigenvalue weighted by Crippen LogP contribution is 2.21. The molecule has 0 aliphatic rings. The van der Waals surface area contributed by atoms with Crippen LogP contribution in [0.1, 0.15) is 0 Å². The third-order valence-corrected chi connectivity index (χ3v) is 3.96. The van der Waals surface area contributed by atoms with Gasteiger partial charge in [-0.2, -0.15) is 4.98 Å². The number of nitrogens with one attached hydrogen (secondary N) is 1. The molecule has 0 saturated heterocycles. The fraction of sp³-hybridized carbons (Fsp3) is 0. The van der Waals surface area contributed by atoms with E-state index in [9.17, 15) is 18.5 Å². The molecule has 0 fully saturated rings. The monoisotopic (exact) mass is 348 g/mol. The number of non-ortho nitro benzene ring substituents is 1. The van der Waals surface area contributed by atoms with Crippen molar-refractivity contribution in [3.05, 3.63) is 50.9 Å². The quantitative estimate of drug-likeness (QED) is 0.392. The summed E-state index contributed by atoms with van der Waals surface area (Å²) in [5.41, 5.74) is -0.350. The predicted molar refractivity (Wildman–Crippen MR) is 76.0 cm³/mol. The molecule has 0 saturated carbocycles. The fourth-order valence-corrected chi connectivity index (χ4v) is 2.84. The fourth-order valence-electron chi connectivity index (χ4n) is 1.40. The molecule has 1 N–H and O–H groups in total. The van der Waals surface area contributed by atoms with Crippen LogP contribution in [0.5, 0.6) is 0 Å². The molecule has 8 nitrogen and oxygen atoms in total. The van der Waals surface area contributed by atoms with Crippen molar-refractivity contribution in [1.29, 1.82) is 0 Å². The maximum Gasteiger partial charge on any atom is 0.270 e. The number of benzene rings is 1. The van der Waals surface area contributed by atoms with Crippen LogP contribution in [0.15, 0.2) is 35.2 Å². The van der Waals surface area contributed by atoms with Gasteiger partial charge in [-0.15, -0.1) is 0 Å². The number of hydrogen-bond donors (Lipinski definition) is 1. The zero-order chi connectivity index (χ0) is 15.6. The average Bonchev–Trinajstić information content (AvgIpc) is 2.37. The largest absolute Gasteiger partial charge is 0.270 e.